The number of aryl methyl sites for hydroxylation is 1. The van der Waals surface area contributed by atoms with E-state index in [4.69, 9.17) is 23.2 Å². The first-order chi connectivity index (χ1) is 14.6. The molecular weight excluding hydrogens is 419 g/mol. The first-order valence-electron chi connectivity index (χ1n) is 9.53. The zero-order valence-electron chi connectivity index (χ0n) is 16.4. The number of aromatic nitrogens is 4. The summed E-state index contributed by atoms with van der Waals surface area (Å²) in [5.41, 5.74) is 3.60. The molecule has 0 atom stereocenters. The van der Waals surface area contributed by atoms with Crippen LogP contribution in [0.25, 0.3) is 10.9 Å². The summed E-state index contributed by atoms with van der Waals surface area (Å²) in [7, 11) is 0. The molecule has 0 fully saturated rings. The molecule has 3 heterocycles. The van der Waals surface area contributed by atoms with Gasteiger partial charge >= 0.3 is 0 Å². The third kappa shape index (κ3) is 4.96. The van der Waals surface area contributed by atoms with Crippen LogP contribution in [0.5, 0.6) is 0 Å². The van der Waals surface area contributed by atoms with Gasteiger partial charge in [-0.25, -0.2) is 9.97 Å². The van der Waals surface area contributed by atoms with Crippen LogP contribution in [0.15, 0.2) is 60.9 Å². The van der Waals surface area contributed by atoms with Gasteiger partial charge in [-0.3, -0.25) is 9.97 Å². The Bertz CT molecular complexity index is 1130. The summed E-state index contributed by atoms with van der Waals surface area (Å²) in [5.74, 6) is 0.582. The van der Waals surface area contributed by atoms with Crippen molar-refractivity contribution in [3.63, 3.8) is 0 Å². The standard InChI is InChI=1S/C22H20Cl2N6/c1-15-12-21(24)29-22(28-15)30(14-17-4-2-3-8-25-17)11-10-27-19-7-9-26-20-13-16(23)5-6-18(19)20/h2-9,12-13H,10-11,14H2,1H3,(H,26,27). The third-order valence-electron chi connectivity index (χ3n) is 4.57. The van der Waals surface area contributed by atoms with Crippen LogP contribution in [0.4, 0.5) is 11.6 Å². The van der Waals surface area contributed by atoms with Gasteiger partial charge in [-0.05, 0) is 49.4 Å². The molecule has 1 N–H and O–H groups in total. The number of nitrogens with one attached hydrogen (secondary N) is 1. The summed E-state index contributed by atoms with van der Waals surface area (Å²) in [6, 6.07) is 15.3. The highest BCUT2D eigenvalue weighted by atomic mass is 35.5. The van der Waals surface area contributed by atoms with E-state index in [1.807, 2.05) is 49.4 Å². The maximum absolute atomic E-state index is 6.18. The molecule has 0 aliphatic carbocycles. The average molecular weight is 439 g/mol. The lowest BCUT2D eigenvalue weighted by molar-refractivity contribution is 0.754. The molecule has 0 aliphatic heterocycles. The molecular formula is C22H20Cl2N6. The summed E-state index contributed by atoms with van der Waals surface area (Å²) in [4.78, 5) is 19.9. The zero-order valence-corrected chi connectivity index (χ0v) is 17.9. The van der Waals surface area contributed by atoms with Crippen LogP contribution in [0.2, 0.25) is 10.2 Å². The maximum atomic E-state index is 6.18. The second-order valence-corrected chi connectivity index (χ2v) is 7.65. The molecule has 152 valence electrons. The van der Waals surface area contributed by atoms with Gasteiger partial charge in [0, 0.05) is 47.3 Å². The highest BCUT2D eigenvalue weighted by Gasteiger charge is 2.13. The molecule has 3 aromatic heterocycles. The number of rotatable bonds is 7. The summed E-state index contributed by atoms with van der Waals surface area (Å²) >= 11 is 12.3. The van der Waals surface area contributed by atoms with E-state index in [1.165, 1.54) is 0 Å². The van der Waals surface area contributed by atoms with Crippen molar-refractivity contribution in [3.8, 4) is 0 Å². The van der Waals surface area contributed by atoms with E-state index in [1.54, 1.807) is 18.5 Å². The van der Waals surface area contributed by atoms with E-state index < -0.39 is 0 Å². The molecule has 0 radical (unpaired) electrons. The average Bonchev–Trinajstić information content (AvgIpc) is 2.73. The lowest BCUT2D eigenvalue weighted by atomic mass is 10.2. The Morgan fingerprint density at radius 3 is 2.67 bits per heavy atom. The van der Waals surface area contributed by atoms with Crippen LogP contribution in [0.3, 0.4) is 0 Å². The van der Waals surface area contributed by atoms with Gasteiger partial charge in [-0.15, -0.1) is 0 Å². The summed E-state index contributed by atoms with van der Waals surface area (Å²) in [6.07, 6.45) is 3.56. The van der Waals surface area contributed by atoms with Gasteiger partial charge in [-0.1, -0.05) is 29.3 Å². The minimum atomic E-state index is 0.425. The van der Waals surface area contributed by atoms with Crippen LogP contribution < -0.4 is 10.2 Å². The van der Waals surface area contributed by atoms with Gasteiger partial charge in [0.05, 0.1) is 17.8 Å². The van der Waals surface area contributed by atoms with Crippen LogP contribution in [0.1, 0.15) is 11.4 Å². The van der Waals surface area contributed by atoms with Crippen molar-refractivity contribution >= 4 is 45.7 Å². The van der Waals surface area contributed by atoms with Gasteiger partial charge in [-0.2, -0.15) is 0 Å². The number of nitrogens with zero attached hydrogens (tertiary/aromatic N) is 5. The third-order valence-corrected chi connectivity index (χ3v) is 5.00. The highest BCUT2D eigenvalue weighted by molar-refractivity contribution is 6.31. The minimum Gasteiger partial charge on any atom is -0.383 e. The van der Waals surface area contributed by atoms with Gasteiger partial charge in [0.15, 0.2) is 0 Å². The smallest absolute Gasteiger partial charge is 0.227 e. The Hall–Kier alpha value is -2.96. The fraction of sp³-hybridized carbons (Fsp3) is 0.182. The zero-order chi connectivity index (χ0) is 20.9. The van der Waals surface area contributed by atoms with Crippen molar-refractivity contribution in [1.29, 1.82) is 0 Å². The fourth-order valence-electron chi connectivity index (χ4n) is 3.19. The molecule has 0 spiro atoms. The van der Waals surface area contributed by atoms with E-state index in [2.05, 4.69) is 30.2 Å². The summed E-state index contributed by atoms with van der Waals surface area (Å²) < 4.78 is 0. The molecule has 0 saturated heterocycles. The predicted molar refractivity (Wildman–Crippen MR) is 122 cm³/mol. The lowest BCUT2D eigenvalue weighted by Crippen LogP contribution is -2.30. The Morgan fingerprint density at radius 1 is 0.967 bits per heavy atom. The number of hydrogen-bond acceptors (Lipinski definition) is 6. The van der Waals surface area contributed by atoms with E-state index in [0.29, 0.717) is 35.8 Å². The topological polar surface area (TPSA) is 66.8 Å². The largest absolute Gasteiger partial charge is 0.383 e. The number of fused-ring (bicyclic) bond motifs is 1. The molecule has 30 heavy (non-hydrogen) atoms. The number of halogens is 2. The van der Waals surface area contributed by atoms with Crippen LogP contribution in [0, 0.1) is 6.92 Å². The van der Waals surface area contributed by atoms with Crippen LogP contribution in [-0.2, 0) is 6.54 Å². The van der Waals surface area contributed by atoms with Gasteiger partial charge < -0.3 is 10.2 Å². The van der Waals surface area contributed by atoms with Gasteiger partial charge in [0.1, 0.15) is 5.15 Å². The van der Waals surface area contributed by atoms with E-state index in [9.17, 15) is 0 Å². The van der Waals surface area contributed by atoms with E-state index >= 15 is 0 Å². The Morgan fingerprint density at radius 2 is 1.87 bits per heavy atom. The van der Waals surface area contributed by atoms with Crippen molar-refractivity contribution in [2.45, 2.75) is 13.5 Å². The van der Waals surface area contributed by atoms with Crippen LogP contribution in [-0.4, -0.2) is 33.0 Å². The lowest BCUT2D eigenvalue weighted by Gasteiger charge is -2.23. The molecule has 1 aromatic carbocycles. The second-order valence-electron chi connectivity index (χ2n) is 6.82. The Kier molecular flexibility index (Phi) is 6.26. The molecule has 0 bridgehead atoms. The number of pyridine rings is 2. The SMILES string of the molecule is Cc1cc(Cl)nc(N(CCNc2ccnc3cc(Cl)ccc23)Cc2ccccn2)n1. The quantitative estimate of drug-likeness (QED) is 0.402. The first-order valence-corrected chi connectivity index (χ1v) is 10.3. The highest BCUT2D eigenvalue weighted by Crippen LogP contribution is 2.24. The number of hydrogen-bond donors (Lipinski definition) is 1. The Balaban J connectivity index is 1.53. The van der Waals surface area contributed by atoms with Crippen molar-refractivity contribution < 1.29 is 0 Å². The number of anilines is 2. The molecule has 8 heteroatoms. The van der Waals surface area contributed by atoms with Crippen LogP contribution >= 0.6 is 23.2 Å². The molecule has 4 aromatic rings. The molecule has 0 unspecified atom stereocenters. The fourth-order valence-corrected chi connectivity index (χ4v) is 3.59. The summed E-state index contributed by atoms with van der Waals surface area (Å²) in [6.45, 7) is 3.81. The van der Waals surface area contributed by atoms with Crippen molar-refractivity contribution in [1.82, 2.24) is 19.9 Å². The normalized spacial score (nSPS) is 10.9. The predicted octanol–water partition coefficient (Wildman–Crippen LogP) is 5.15. The molecule has 0 aliphatic rings. The first kappa shape index (κ1) is 20.3. The molecule has 0 amide bonds. The minimum absolute atomic E-state index is 0.425. The van der Waals surface area contributed by atoms with Crippen molar-refractivity contribution in [2.24, 2.45) is 0 Å². The van der Waals surface area contributed by atoms with Crippen molar-refractivity contribution in [3.05, 3.63) is 82.5 Å². The molecule has 4 rings (SSSR count). The summed E-state index contributed by atoms with van der Waals surface area (Å²) in [5, 5.41) is 5.60. The monoisotopic (exact) mass is 438 g/mol. The van der Waals surface area contributed by atoms with Crippen molar-refractivity contribution in [2.75, 3.05) is 23.3 Å². The van der Waals surface area contributed by atoms with E-state index in [0.717, 1.165) is 28.0 Å². The molecule has 6 nitrogen and oxygen atoms in total. The van der Waals surface area contributed by atoms with E-state index in [-0.39, 0.29) is 0 Å². The molecule has 0 saturated carbocycles. The second kappa shape index (κ2) is 9.24. The maximum Gasteiger partial charge on any atom is 0.227 e. The Labute approximate surface area is 184 Å². The van der Waals surface area contributed by atoms with Gasteiger partial charge in [0.2, 0.25) is 5.95 Å². The van der Waals surface area contributed by atoms with Gasteiger partial charge in [0.25, 0.3) is 0 Å². The number of benzene rings is 1.